The summed E-state index contributed by atoms with van der Waals surface area (Å²) in [6.45, 7) is 0.931. The van der Waals surface area contributed by atoms with Crippen LogP contribution in [0.1, 0.15) is 23.3 Å². The average molecular weight is 358 g/mol. The van der Waals surface area contributed by atoms with Gasteiger partial charge >= 0.3 is 0 Å². The molecule has 1 aliphatic rings. The molecule has 0 amide bonds. The number of thiophene rings is 1. The minimum Gasteiger partial charge on any atom is -0.348 e. The Bertz CT molecular complexity index is 555. The molecule has 100 valence electrons. The summed E-state index contributed by atoms with van der Waals surface area (Å²) in [4.78, 5) is 8.36. The van der Waals surface area contributed by atoms with Crippen LogP contribution in [0.25, 0.3) is 0 Å². The van der Waals surface area contributed by atoms with Crippen molar-refractivity contribution in [3.63, 3.8) is 0 Å². The van der Waals surface area contributed by atoms with E-state index in [1.54, 1.807) is 11.3 Å². The van der Waals surface area contributed by atoms with Gasteiger partial charge in [0, 0.05) is 27.2 Å². The van der Waals surface area contributed by atoms with Gasteiger partial charge in [-0.15, -0.1) is 22.9 Å². The highest BCUT2D eigenvalue weighted by Crippen LogP contribution is 2.35. The fourth-order valence-corrected chi connectivity index (χ4v) is 3.44. The van der Waals surface area contributed by atoms with E-state index in [9.17, 15) is 0 Å². The van der Waals surface area contributed by atoms with Gasteiger partial charge < -0.3 is 4.90 Å². The SMILES string of the molecule is ClCc1cc(Br)cnc1N(Cc1cccs1)C1CC1. The molecule has 0 unspecified atom stereocenters. The van der Waals surface area contributed by atoms with E-state index >= 15 is 0 Å². The Morgan fingerprint density at radius 3 is 2.95 bits per heavy atom. The van der Waals surface area contributed by atoms with E-state index in [1.807, 2.05) is 6.20 Å². The lowest BCUT2D eigenvalue weighted by molar-refractivity contribution is 0.780. The van der Waals surface area contributed by atoms with Gasteiger partial charge in [0.15, 0.2) is 0 Å². The minimum atomic E-state index is 0.495. The van der Waals surface area contributed by atoms with E-state index < -0.39 is 0 Å². The fraction of sp³-hybridized carbons (Fsp3) is 0.357. The number of rotatable bonds is 5. The molecular weight excluding hydrogens is 344 g/mol. The zero-order chi connectivity index (χ0) is 13.2. The van der Waals surface area contributed by atoms with Crippen LogP contribution in [0.4, 0.5) is 5.82 Å². The van der Waals surface area contributed by atoms with Crippen LogP contribution in [-0.2, 0) is 12.4 Å². The second kappa shape index (κ2) is 5.81. The van der Waals surface area contributed by atoms with Crippen molar-refractivity contribution in [1.29, 1.82) is 0 Å². The second-order valence-corrected chi connectivity index (χ2v) is 6.92. The summed E-state index contributed by atoms with van der Waals surface area (Å²) in [6.07, 6.45) is 4.37. The van der Waals surface area contributed by atoms with E-state index in [0.29, 0.717) is 11.9 Å². The van der Waals surface area contributed by atoms with Crippen LogP contribution in [0.15, 0.2) is 34.2 Å². The molecule has 1 fully saturated rings. The molecule has 0 N–H and O–H groups in total. The summed E-state index contributed by atoms with van der Waals surface area (Å²) in [5.41, 5.74) is 1.10. The lowest BCUT2D eigenvalue weighted by atomic mass is 10.2. The molecule has 1 aliphatic carbocycles. The Hall–Kier alpha value is -0.580. The normalized spacial score (nSPS) is 14.6. The lowest BCUT2D eigenvalue weighted by Gasteiger charge is -2.25. The third-order valence-corrected chi connectivity index (χ3v) is 4.80. The van der Waals surface area contributed by atoms with Crippen molar-refractivity contribution in [3.8, 4) is 0 Å². The molecule has 0 bridgehead atoms. The molecule has 5 heteroatoms. The molecule has 2 nitrogen and oxygen atoms in total. The molecular formula is C14H14BrClN2S. The van der Waals surface area contributed by atoms with Gasteiger partial charge in [-0.1, -0.05) is 6.07 Å². The molecule has 0 saturated heterocycles. The van der Waals surface area contributed by atoms with Gasteiger partial charge in [-0.05, 0) is 46.3 Å². The van der Waals surface area contributed by atoms with E-state index in [0.717, 1.165) is 22.4 Å². The molecule has 0 atom stereocenters. The molecule has 0 radical (unpaired) electrons. The van der Waals surface area contributed by atoms with Gasteiger partial charge in [0.05, 0.1) is 12.4 Å². The number of hydrogen-bond donors (Lipinski definition) is 0. The third kappa shape index (κ3) is 3.12. The zero-order valence-corrected chi connectivity index (χ0v) is 13.5. The van der Waals surface area contributed by atoms with Crippen molar-refractivity contribution in [2.24, 2.45) is 0 Å². The van der Waals surface area contributed by atoms with Crippen LogP contribution in [-0.4, -0.2) is 11.0 Å². The van der Waals surface area contributed by atoms with Crippen molar-refractivity contribution in [2.45, 2.75) is 31.3 Å². The minimum absolute atomic E-state index is 0.495. The summed E-state index contributed by atoms with van der Waals surface area (Å²) >= 11 is 11.3. The first-order valence-corrected chi connectivity index (χ1v) is 8.48. The molecule has 2 aromatic heterocycles. The highest BCUT2D eigenvalue weighted by atomic mass is 79.9. The number of nitrogens with zero attached hydrogens (tertiary/aromatic N) is 2. The summed E-state index contributed by atoms with van der Waals surface area (Å²) < 4.78 is 0.985. The van der Waals surface area contributed by atoms with Gasteiger partial charge in [-0.3, -0.25) is 0 Å². The van der Waals surface area contributed by atoms with Gasteiger partial charge in [-0.25, -0.2) is 4.98 Å². The molecule has 1 saturated carbocycles. The predicted molar refractivity (Wildman–Crippen MR) is 85.0 cm³/mol. The maximum Gasteiger partial charge on any atom is 0.133 e. The molecule has 0 aliphatic heterocycles. The van der Waals surface area contributed by atoms with Crippen molar-refractivity contribution < 1.29 is 0 Å². The van der Waals surface area contributed by atoms with Crippen LogP contribution in [0.3, 0.4) is 0 Å². The van der Waals surface area contributed by atoms with Crippen molar-refractivity contribution in [3.05, 3.63) is 44.7 Å². The maximum atomic E-state index is 6.07. The molecule has 3 rings (SSSR count). The Morgan fingerprint density at radius 1 is 1.47 bits per heavy atom. The number of halogens is 2. The molecule has 0 aromatic carbocycles. The van der Waals surface area contributed by atoms with Gasteiger partial charge in [0.2, 0.25) is 0 Å². The van der Waals surface area contributed by atoms with E-state index in [4.69, 9.17) is 11.6 Å². The largest absolute Gasteiger partial charge is 0.348 e. The van der Waals surface area contributed by atoms with Crippen LogP contribution in [0.2, 0.25) is 0 Å². The Balaban J connectivity index is 1.91. The number of anilines is 1. The van der Waals surface area contributed by atoms with E-state index in [2.05, 4.69) is 49.4 Å². The highest BCUT2D eigenvalue weighted by molar-refractivity contribution is 9.10. The zero-order valence-electron chi connectivity index (χ0n) is 10.4. The standard InChI is InChI=1S/C14H14BrClN2S/c15-11-6-10(7-16)14(17-8-11)18(12-3-4-12)9-13-2-1-5-19-13/h1-2,5-6,8,12H,3-4,7,9H2. The monoisotopic (exact) mass is 356 g/mol. The van der Waals surface area contributed by atoms with Gasteiger partial charge in [-0.2, -0.15) is 0 Å². The average Bonchev–Trinajstić information content (AvgIpc) is 3.13. The van der Waals surface area contributed by atoms with Crippen LogP contribution >= 0.6 is 38.9 Å². The summed E-state index contributed by atoms with van der Waals surface area (Å²) in [5, 5.41) is 2.12. The lowest BCUT2D eigenvalue weighted by Crippen LogP contribution is -2.26. The first kappa shape index (κ1) is 13.4. The van der Waals surface area contributed by atoms with E-state index in [-0.39, 0.29) is 0 Å². The molecule has 0 spiro atoms. The predicted octanol–water partition coefficient (Wildman–Crippen LogP) is 4.81. The van der Waals surface area contributed by atoms with Crippen LogP contribution < -0.4 is 4.90 Å². The van der Waals surface area contributed by atoms with Gasteiger partial charge in [0.25, 0.3) is 0 Å². The quantitative estimate of drug-likeness (QED) is 0.714. The Kier molecular flexibility index (Phi) is 4.10. The molecule has 2 heterocycles. The number of aromatic nitrogens is 1. The van der Waals surface area contributed by atoms with Crippen molar-refractivity contribution >= 4 is 44.7 Å². The maximum absolute atomic E-state index is 6.07. The summed E-state index contributed by atoms with van der Waals surface area (Å²) in [5.74, 6) is 1.53. The highest BCUT2D eigenvalue weighted by Gasteiger charge is 2.31. The van der Waals surface area contributed by atoms with Crippen LogP contribution in [0, 0.1) is 0 Å². The topological polar surface area (TPSA) is 16.1 Å². The first-order chi connectivity index (χ1) is 9.28. The number of hydrogen-bond acceptors (Lipinski definition) is 3. The number of alkyl halides is 1. The number of pyridine rings is 1. The van der Waals surface area contributed by atoms with E-state index in [1.165, 1.54) is 17.7 Å². The fourth-order valence-electron chi connectivity index (χ4n) is 2.16. The van der Waals surface area contributed by atoms with Crippen LogP contribution in [0.5, 0.6) is 0 Å². The first-order valence-electron chi connectivity index (χ1n) is 6.27. The Morgan fingerprint density at radius 2 is 2.32 bits per heavy atom. The molecule has 2 aromatic rings. The van der Waals surface area contributed by atoms with Crippen molar-refractivity contribution in [2.75, 3.05) is 4.90 Å². The smallest absolute Gasteiger partial charge is 0.133 e. The second-order valence-electron chi connectivity index (χ2n) is 4.71. The third-order valence-electron chi connectivity index (χ3n) is 3.22. The summed E-state index contributed by atoms with van der Waals surface area (Å²) in [7, 11) is 0. The molecule has 19 heavy (non-hydrogen) atoms. The Labute approximate surface area is 130 Å². The van der Waals surface area contributed by atoms with Gasteiger partial charge in [0.1, 0.15) is 5.82 Å². The summed E-state index contributed by atoms with van der Waals surface area (Å²) in [6, 6.07) is 6.97. The van der Waals surface area contributed by atoms with Crippen molar-refractivity contribution in [1.82, 2.24) is 4.98 Å².